The maximum Gasteiger partial charge on any atom is 0.306 e. The third-order valence-electron chi connectivity index (χ3n) is 12.8. The molecule has 0 aliphatic carbocycles. The Morgan fingerprint density at radius 2 is 0.900 bits per heavy atom. The number of aliphatic hydroxyl groups is 7. The Balaban J connectivity index is 1.76. The minimum absolute atomic E-state index is 0.00728. The van der Waals surface area contributed by atoms with Gasteiger partial charge in [0.2, 0.25) is 0 Å². The van der Waals surface area contributed by atoms with Crippen molar-refractivity contribution in [2.45, 2.75) is 255 Å². The second kappa shape index (κ2) is 43.1. The van der Waals surface area contributed by atoms with Crippen LogP contribution in [0.15, 0.2) is 60.8 Å². The Kier molecular flexibility index (Phi) is 39.3. The van der Waals surface area contributed by atoms with Crippen molar-refractivity contribution < 1.29 is 69.0 Å². The molecule has 2 heterocycles. The third kappa shape index (κ3) is 30.0. The molecule has 11 unspecified atom stereocenters. The van der Waals surface area contributed by atoms with Crippen LogP contribution in [0, 0.1) is 0 Å². The summed E-state index contributed by atoms with van der Waals surface area (Å²) < 4.78 is 34.2. The van der Waals surface area contributed by atoms with Crippen LogP contribution in [-0.4, -0.2) is 142 Å². The van der Waals surface area contributed by atoms with Crippen LogP contribution in [0.5, 0.6) is 0 Å². The molecule has 406 valence electrons. The van der Waals surface area contributed by atoms with Crippen LogP contribution in [0.25, 0.3) is 0 Å². The Labute approximate surface area is 422 Å². The zero-order valence-electron chi connectivity index (χ0n) is 43.2. The smallest absolute Gasteiger partial charge is 0.306 e. The topological polar surface area (TPSA) is 214 Å². The van der Waals surface area contributed by atoms with Gasteiger partial charge in [-0.25, -0.2) is 0 Å². The first-order valence-corrected chi connectivity index (χ1v) is 27.4. The fourth-order valence-corrected chi connectivity index (χ4v) is 8.41. The number of allylic oxidation sites excluding steroid dienone is 9. The molecule has 0 bridgehead atoms. The second-order valence-electron chi connectivity index (χ2n) is 19.0. The summed E-state index contributed by atoms with van der Waals surface area (Å²) in [6.07, 6.45) is 35.9. The first-order valence-electron chi connectivity index (χ1n) is 27.4. The maximum atomic E-state index is 13.0. The van der Waals surface area contributed by atoms with Crippen molar-refractivity contribution in [1.82, 2.24) is 0 Å². The Hall–Kier alpha value is -2.31. The molecule has 14 nitrogen and oxygen atoms in total. The number of unbranched alkanes of at least 4 members (excludes halogenated alkanes) is 19. The molecule has 0 aromatic carbocycles. The molecule has 14 heteroatoms. The normalized spacial score (nSPS) is 26.0. The van der Waals surface area contributed by atoms with Gasteiger partial charge in [0.25, 0.3) is 0 Å². The molecular weight excluding hydrogens is 897 g/mol. The number of carbonyl (C=O) groups is 1. The van der Waals surface area contributed by atoms with Crippen LogP contribution in [0.1, 0.15) is 187 Å². The van der Waals surface area contributed by atoms with Gasteiger partial charge in [0.05, 0.1) is 33.0 Å². The van der Waals surface area contributed by atoms with Crippen molar-refractivity contribution in [3.63, 3.8) is 0 Å². The first-order chi connectivity index (χ1) is 34.1. The number of aliphatic hydroxyl groups excluding tert-OH is 7. The third-order valence-corrected chi connectivity index (χ3v) is 12.8. The summed E-state index contributed by atoms with van der Waals surface area (Å²) >= 11 is 0. The monoisotopic (exact) mass is 995 g/mol. The van der Waals surface area contributed by atoms with Gasteiger partial charge in [-0.1, -0.05) is 197 Å². The maximum absolute atomic E-state index is 13.0. The number of esters is 1. The van der Waals surface area contributed by atoms with Gasteiger partial charge in [-0.3, -0.25) is 4.79 Å². The van der Waals surface area contributed by atoms with E-state index in [0.717, 1.165) is 51.4 Å². The average Bonchev–Trinajstić information content (AvgIpc) is 3.36. The van der Waals surface area contributed by atoms with E-state index in [1.54, 1.807) is 0 Å². The highest BCUT2D eigenvalue weighted by molar-refractivity contribution is 5.69. The minimum atomic E-state index is -1.72. The zero-order valence-corrected chi connectivity index (χ0v) is 43.2. The van der Waals surface area contributed by atoms with Crippen LogP contribution in [0.2, 0.25) is 0 Å². The number of ether oxygens (including phenoxy) is 6. The van der Waals surface area contributed by atoms with Gasteiger partial charge in [-0.05, 0) is 44.9 Å². The highest BCUT2D eigenvalue weighted by Crippen LogP contribution is 2.26. The van der Waals surface area contributed by atoms with Gasteiger partial charge in [0.1, 0.15) is 54.9 Å². The van der Waals surface area contributed by atoms with Crippen molar-refractivity contribution in [3.8, 4) is 0 Å². The van der Waals surface area contributed by atoms with Crippen LogP contribution < -0.4 is 0 Å². The molecule has 0 amide bonds. The largest absolute Gasteiger partial charge is 0.457 e. The van der Waals surface area contributed by atoms with Crippen molar-refractivity contribution >= 4 is 5.97 Å². The van der Waals surface area contributed by atoms with Crippen molar-refractivity contribution in [3.05, 3.63) is 60.8 Å². The number of carbonyl (C=O) groups excluding carboxylic acids is 1. The van der Waals surface area contributed by atoms with Crippen molar-refractivity contribution in [1.29, 1.82) is 0 Å². The van der Waals surface area contributed by atoms with Gasteiger partial charge in [-0.2, -0.15) is 0 Å². The first kappa shape index (κ1) is 63.8. The lowest BCUT2D eigenvalue weighted by atomic mass is 9.98. The summed E-state index contributed by atoms with van der Waals surface area (Å²) in [5.74, 6) is -0.399. The summed E-state index contributed by atoms with van der Waals surface area (Å²) in [5.41, 5.74) is 0. The summed E-state index contributed by atoms with van der Waals surface area (Å²) in [7, 11) is 0. The Bertz CT molecular complexity index is 1390. The van der Waals surface area contributed by atoms with Crippen LogP contribution in [-0.2, 0) is 33.2 Å². The van der Waals surface area contributed by atoms with Gasteiger partial charge >= 0.3 is 5.97 Å². The lowest BCUT2D eigenvalue weighted by Crippen LogP contribution is -2.61. The Morgan fingerprint density at radius 1 is 0.486 bits per heavy atom. The van der Waals surface area contributed by atoms with Gasteiger partial charge in [-0.15, -0.1) is 0 Å². The zero-order chi connectivity index (χ0) is 50.9. The SMILES string of the molecule is CC/C=C\C/C=C\C/C=C\C/C=C\C/C=C\CCOCC(COC1OC(COC2OC(CO)C(O)C(O)C2O)C(O)C(O)C1O)OC(=O)CCCCCCCCCCCCCCCCCCCCCC. The van der Waals surface area contributed by atoms with E-state index in [4.69, 9.17) is 28.4 Å². The summed E-state index contributed by atoms with van der Waals surface area (Å²) in [6, 6.07) is 0. The molecule has 2 saturated heterocycles. The van der Waals surface area contributed by atoms with Crippen molar-refractivity contribution in [2.24, 2.45) is 0 Å². The molecule has 11 atom stereocenters. The molecule has 0 spiro atoms. The van der Waals surface area contributed by atoms with E-state index < -0.39 is 86.7 Å². The Morgan fingerprint density at radius 3 is 1.37 bits per heavy atom. The lowest BCUT2D eigenvalue weighted by molar-refractivity contribution is -0.332. The molecule has 0 saturated carbocycles. The second-order valence-corrected chi connectivity index (χ2v) is 19.0. The summed E-state index contributed by atoms with van der Waals surface area (Å²) in [4.78, 5) is 13.0. The van der Waals surface area contributed by atoms with E-state index in [9.17, 15) is 40.5 Å². The van der Waals surface area contributed by atoms with E-state index in [-0.39, 0.29) is 19.6 Å². The van der Waals surface area contributed by atoms with Crippen molar-refractivity contribution in [2.75, 3.05) is 33.0 Å². The van der Waals surface area contributed by atoms with Crippen LogP contribution >= 0.6 is 0 Å². The minimum Gasteiger partial charge on any atom is -0.457 e. The molecule has 2 fully saturated rings. The van der Waals surface area contributed by atoms with Gasteiger partial charge in [0.15, 0.2) is 12.6 Å². The van der Waals surface area contributed by atoms with Gasteiger partial charge in [0, 0.05) is 6.42 Å². The highest BCUT2D eigenvalue weighted by Gasteiger charge is 2.47. The van der Waals surface area contributed by atoms with Gasteiger partial charge < -0.3 is 64.2 Å². The number of hydrogen-bond acceptors (Lipinski definition) is 14. The van der Waals surface area contributed by atoms with E-state index in [2.05, 4.69) is 68.5 Å². The highest BCUT2D eigenvalue weighted by atomic mass is 16.7. The molecule has 70 heavy (non-hydrogen) atoms. The molecule has 2 rings (SSSR count). The molecule has 7 N–H and O–H groups in total. The molecule has 0 radical (unpaired) electrons. The predicted octanol–water partition coefficient (Wildman–Crippen LogP) is 8.91. The molecular formula is C56H98O14. The molecule has 0 aromatic rings. The molecule has 0 aromatic heterocycles. The van der Waals surface area contributed by atoms with Crippen LogP contribution in [0.4, 0.5) is 0 Å². The number of hydrogen-bond donors (Lipinski definition) is 7. The average molecular weight is 995 g/mol. The van der Waals surface area contributed by atoms with Crippen LogP contribution in [0.3, 0.4) is 0 Å². The van der Waals surface area contributed by atoms with E-state index in [1.165, 1.54) is 103 Å². The quantitative estimate of drug-likeness (QED) is 0.0173. The van der Waals surface area contributed by atoms with E-state index >= 15 is 0 Å². The molecule has 2 aliphatic rings. The summed E-state index contributed by atoms with van der Waals surface area (Å²) in [6.45, 7) is 3.36. The predicted molar refractivity (Wildman–Crippen MR) is 275 cm³/mol. The molecule has 2 aliphatic heterocycles. The lowest BCUT2D eigenvalue weighted by Gasteiger charge is -2.42. The fourth-order valence-electron chi connectivity index (χ4n) is 8.41. The van der Waals surface area contributed by atoms with E-state index in [0.29, 0.717) is 19.4 Å². The van der Waals surface area contributed by atoms with E-state index in [1.807, 2.05) is 6.08 Å². The fraction of sp³-hybridized carbons (Fsp3) is 0.804. The number of rotatable bonds is 43. The standard InChI is InChI=1S/C56H98O14/c1-3-5-7-9-11-13-15-17-19-21-22-23-24-25-27-29-31-33-35-37-39-48(58)68-45(42-65-40-38-36-34-32-30-28-26-20-18-16-14-12-10-8-6-4-2)43-66-55-54(64)52(62)50(60)47(70-55)44-67-56-53(63)51(61)49(59)46(41-57)69-56/h6,8,12,14,18,20,28,30,34,36,45-47,49-57,59-64H,3-5,7,9-11,13,15-17,19,21-27,29,31-33,35,37-44H2,1-2H3/b8-6-,14-12-,20-18-,30-28-,36-34-. The summed E-state index contributed by atoms with van der Waals surface area (Å²) in [5, 5.41) is 72.2.